The molecule has 17 heavy (non-hydrogen) atoms. The van der Waals surface area contributed by atoms with Gasteiger partial charge < -0.3 is 5.32 Å². The molecule has 0 radical (unpaired) electrons. The Hall–Kier alpha value is -1.27. The Morgan fingerprint density at radius 2 is 2.18 bits per heavy atom. The molecule has 4 nitrogen and oxygen atoms in total. The van der Waals surface area contributed by atoms with E-state index in [9.17, 15) is 14.0 Å². The summed E-state index contributed by atoms with van der Waals surface area (Å²) in [6.07, 6.45) is 0. The fraction of sp³-hybridized carbons (Fsp3) is 0.200. The lowest BCUT2D eigenvalue weighted by atomic mass is 10.3. The summed E-state index contributed by atoms with van der Waals surface area (Å²) < 4.78 is 12.8. The quantitative estimate of drug-likeness (QED) is 0.831. The topological polar surface area (TPSA) is 58.2 Å². The molecule has 1 rings (SSSR count). The maximum atomic E-state index is 12.8. The van der Waals surface area contributed by atoms with Crippen LogP contribution in [-0.4, -0.2) is 24.7 Å². The van der Waals surface area contributed by atoms with Gasteiger partial charge in [-0.25, -0.2) is 9.18 Å². The summed E-state index contributed by atoms with van der Waals surface area (Å²) in [7, 11) is 1.41. The molecule has 3 amide bonds. The van der Waals surface area contributed by atoms with Crippen LogP contribution in [0.3, 0.4) is 0 Å². The molecule has 1 aromatic carbocycles. The van der Waals surface area contributed by atoms with Gasteiger partial charge in [0.25, 0.3) is 0 Å². The minimum atomic E-state index is -0.562. The number of carbonyl (C=O) groups is 2. The Morgan fingerprint density at radius 3 is 2.76 bits per heavy atom. The average molecular weight is 277 g/mol. The molecule has 0 heterocycles. The van der Waals surface area contributed by atoms with Crippen molar-refractivity contribution in [3.63, 3.8) is 0 Å². The first-order valence-electron chi connectivity index (χ1n) is 4.62. The van der Waals surface area contributed by atoms with Crippen LogP contribution in [0.2, 0.25) is 5.02 Å². The predicted molar refractivity (Wildman–Crippen MR) is 64.7 cm³/mol. The highest BCUT2D eigenvalue weighted by molar-refractivity contribution is 8.00. The van der Waals surface area contributed by atoms with Gasteiger partial charge in [0.1, 0.15) is 5.82 Å². The van der Waals surface area contributed by atoms with Gasteiger partial charge in [-0.3, -0.25) is 10.1 Å². The van der Waals surface area contributed by atoms with Gasteiger partial charge in [0, 0.05) is 11.9 Å². The standard InChI is InChI=1S/C10H10ClFN2O2S/c1-13-10(16)14-9(15)5-17-6-2-3-8(12)7(11)4-6/h2-4H,5H2,1H3,(H2,13,14,15,16). The third-order valence-electron chi connectivity index (χ3n) is 1.74. The van der Waals surface area contributed by atoms with Crippen LogP contribution in [0.25, 0.3) is 0 Å². The van der Waals surface area contributed by atoms with E-state index in [1.807, 2.05) is 0 Å². The lowest BCUT2D eigenvalue weighted by molar-refractivity contribution is -0.117. The molecule has 0 aliphatic rings. The molecule has 2 N–H and O–H groups in total. The first kappa shape index (κ1) is 13.8. The van der Waals surface area contributed by atoms with Gasteiger partial charge >= 0.3 is 6.03 Å². The summed E-state index contributed by atoms with van der Waals surface area (Å²) in [5, 5.41) is 4.37. The Bertz CT molecular complexity index is 442. The number of rotatable bonds is 3. The van der Waals surface area contributed by atoms with E-state index in [1.54, 1.807) is 0 Å². The van der Waals surface area contributed by atoms with Crippen LogP contribution in [0.5, 0.6) is 0 Å². The predicted octanol–water partition coefficient (Wildman–Crippen LogP) is 2.03. The second-order valence-corrected chi connectivity index (χ2v) is 4.45. The zero-order valence-electron chi connectivity index (χ0n) is 8.92. The number of benzene rings is 1. The zero-order valence-corrected chi connectivity index (χ0v) is 10.5. The van der Waals surface area contributed by atoms with Gasteiger partial charge in [0.2, 0.25) is 5.91 Å². The lowest BCUT2D eigenvalue weighted by Gasteiger charge is -2.04. The molecule has 0 fully saturated rings. The van der Waals surface area contributed by atoms with Crippen LogP contribution in [0, 0.1) is 5.82 Å². The van der Waals surface area contributed by atoms with E-state index in [0.29, 0.717) is 4.90 Å². The van der Waals surface area contributed by atoms with Crippen LogP contribution in [-0.2, 0) is 4.79 Å². The third kappa shape index (κ3) is 4.62. The number of urea groups is 1. The summed E-state index contributed by atoms with van der Waals surface area (Å²) in [6.45, 7) is 0. The normalized spacial score (nSPS) is 9.82. The highest BCUT2D eigenvalue weighted by atomic mass is 35.5. The minimum Gasteiger partial charge on any atom is -0.341 e. The number of carbonyl (C=O) groups excluding carboxylic acids is 2. The van der Waals surface area contributed by atoms with E-state index in [1.165, 1.54) is 25.2 Å². The van der Waals surface area contributed by atoms with Crippen LogP contribution in [0.1, 0.15) is 0 Å². The smallest absolute Gasteiger partial charge is 0.321 e. The summed E-state index contributed by atoms with van der Waals surface area (Å²) in [5.74, 6) is -0.893. The third-order valence-corrected chi connectivity index (χ3v) is 3.02. The first-order valence-corrected chi connectivity index (χ1v) is 5.98. The number of nitrogens with one attached hydrogen (secondary N) is 2. The summed E-state index contributed by atoms with van der Waals surface area (Å²) >= 11 is 6.74. The summed E-state index contributed by atoms with van der Waals surface area (Å²) in [5.41, 5.74) is 0. The van der Waals surface area contributed by atoms with Crippen LogP contribution in [0.4, 0.5) is 9.18 Å². The fourth-order valence-electron chi connectivity index (χ4n) is 0.941. The number of halogens is 2. The van der Waals surface area contributed by atoms with E-state index in [0.717, 1.165) is 11.8 Å². The Labute approximate surface area is 107 Å². The number of amides is 3. The maximum Gasteiger partial charge on any atom is 0.321 e. The van der Waals surface area contributed by atoms with Gasteiger partial charge in [-0.05, 0) is 18.2 Å². The van der Waals surface area contributed by atoms with Crippen LogP contribution in [0.15, 0.2) is 23.1 Å². The Balaban J connectivity index is 2.47. The second kappa shape index (κ2) is 6.46. The molecule has 0 atom stereocenters. The molecule has 0 aliphatic heterocycles. The highest BCUT2D eigenvalue weighted by Crippen LogP contribution is 2.23. The average Bonchev–Trinajstić information content (AvgIpc) is 2.30. The van der Waals surface area contributed by atoms with Crippen molar-refractivity contribution in [1.29, 1.82) is 0 Å². The second-order valence-electron chi connectivity index (χ2n) is 2.99. The zero-order chi connectivity index (χ0) is 12.8. The molecule has 0 saturated heterocycles. The van der Waals surface area contributed by atoms with Crippen molar-refractivity contribution in [2.24, 2.45) is 0 Å². The van der Waals surface area contributed by atoms with Crippen LogP contribution < -0.4 is 10.6 Å². The minimum absolute atomic E-state index is 0.00158. The number of hydrogen-bond donors (Lipinski definition) is 2. The van der Waals surface area contributed by atoms with E-state index in [2.05, 4.69) is 10.6 Å². The van der Waals surface area contributed by atoms with Crippen molar-refractivity contribution in [1.82, 2.24) is 10.6 Å². The van der Waals surface area contributed by atoms with Crippen molar-refractivity contribution in [2.75, 3.05) is 12.8 Å². The molecule has 7 heteroatoms. The molecular weight excluding hydrogens is 267 g/mol. The molecule has 0 aliphatic carbocycles. The number of imide groups is 1. The lowest BCUT2D eigenvalue weighted by Crippen LogP contribution is -2.38. The maximum absolute atomic E-state index is 12.8. The van der Waals surface area contributed by atoms with E-state index >= 15 is 0 Å². The van der Waals surface area contributed by atoms with Gasteiger partial charge in [-0.1, -0.05) is 11.6 Å². The molecule has 0 unspecified atom stereocenters. The van der Waals surface area contributed by atoms with Gasteiger partial charge in [0.15, 0.2) is 0 Å². The molecular formula is C10H10ClFN2O2S. The van der Waals surface area contributed by atoms with Gasteiger partial charge in [-0.15, -0.1) is 11.8 Å². The molecule has 92 valence electrons. The fourth-order valence-corrected chi connectivity index (χ4v) is 1.92. The van der Waals surface area contributed by atoms with Crippen molar-refractivity contribution in [3.8, 4) is 0 Å². The monoisotopic (exact) mass is 276 g/mol. The molecule has 0 saturated carbocycles. The van der Waals surface area contributed by atoms with Crippen LogP contribution >= 0.6 is 23.4 Å². The van der Waals surface area contributed by atoms with Crippen molar-refractivity contribution in [3.05, 3.63) is 29.0 Å². The summed E-state index contributed by atoms with van der Waals surface area (Å²) in [6, 6.07) is 3.60. The van der Waals surface area contributed by atoms with Crippen molar-refractivity contribution < 1.29 is 14.0 Å². The highest BCUT2D eigenvalue weighted by Gasteiger charge is 2.07. The Kier molecular flexibility index (Phi) is 5.24. The van der Waals surface area contributed by atoms with Crippen molar-refractivity contribution in [2.45, 2.75) is 4.90 Å². The molecule has 0 aromatic heterocycles. The summed E-state index contributed by atoms with van der Waals surface area (Å²) in [4.78, 5) is 22.7. The number of hydrogen-bond acceptors (Lipinski definition) is 3. The first-order chi connectivity index (χ1) is 8.02. The largest absolute Gasteiger partial charge is 0.341 e. The SMILES string of the molecule is CNC(=O)NC(=O)CSc1ccc(F)c(Cl)c1. The Morgan fingerprint density at radius 1 is 1.47 bits per heavy atom. The van der Waals surface area contributed by atoms with Gasteiger partial charge in [0.05, 0.1) is 10.8 Å². The molecule has 0 bridgehead atoms. The van der Waals surface area contributed by atoms with Gasteiger partial charge in [-0.2, -0.15) is 0 Å². The van der Waals surface area contributed by atoms with E-state index in [-0.39, 0.29) is 10.8 Å². The van der Waals surface area contributed by atoms with Crippen molar-refractivity contribution >= 4 is 35.3 Å². The van der Waals surface area contributed by atoms with E-state index in [4.69, 9.17) is 11.6 Å². The van der Waals surface area contributed by atoms with E-state index < -0.39 is 17.8 Å². The molecule has 0 spiro atoms. The number of thioether (sulfide) groups is 1. The molecule has 1 aromatic rings.